The Balaban J connectivity index is 2.80. The van der Waals surface area contributed by atoms with Crippen molar-refractivity contribution in [3.8, 4) is 0 Å². The van der Waals surface area contributed by atoms with Crippen molar-refractivity contribution in [3.05, 3.63) is 23.4 Å². The van der Waals surface area contributed by atoms with Crippen LogP contribution in [0.25, 0.3) is 5.65 Å². The molecule has 0 radical (unpaired) electrons. The van der Waals surface area contributed by atoms with Crippen molar-refractivity contribution in [1.29, 1.82) is 0 Å². The molecule has 2 aromatic rings. The molecule has 0 saturated carbocycles. The van der Waals surface area contributed by atoms with E-state index in [0.717, 1.165) is 17.0 Å². The molecule has 2 rings (SSSR count). The van der Waals surface area contributed by atoms with Crippen molar-refractivity contribution < 1.29 is 0 Å². The quantitative estimate of drug-likeness (QED) is 0.675. The normalized spacial score (nSPS) is 11.0. The van der Waals surface area contributed by atoms with Gasteiger partial charge in [-0.25, -0.2) is 9.50 Å². The van der Waals surface area contributed by atoms with E-state index >= 15 is 0 Å². The van der Waals surface area contributed by atoms with Gasteiger partial charge in [-0.15, -0.1) is 5.10 Å². The molecule has 0 amide bonds. The Hall–Kier alpha value is -1.49. The zero-order chi connectivity index (χ0) is 9.42. The Morgan fingerprint density at radius 2 is 2.23 bits per heavy atom. The molecule has 0 aromatic carbocycles. The summed E-state index contributed by atoms with van der Waals surface area (Å²) in [5.74, 6) is 0.652. The first-order valence-electron chi connectivity index (χ1n) is 4.10. The van der Waals surface area contributed by atoms with Gasteiger partial charge in [0, 0.05) is 6.20 Å². The number of nitrogens with zero attached hydrogens (tertiary/aromatic N) is 4. The largest absolute Gasteiger partial charge is 0.324 e. The molecule has 5 nitrogen and oxygen atoms in total. The molecule has 2 heterocycles. The molecular formula is C8H11N5. The van der Waals surface area contributed by atoms with Crippen LogP contribution in [0.3, 0.4) is 0 Å². The Kier molecular flexibility index (Phi) is 1.73. The van der Waals surface area contributed by atoms with Gasteiger partial charge in [-0.1, -0.05) is 0 Å². The van der Waals surface area contributed by atoms with Crippen LogP contribution < -0.4 is 5.73 Å². The number of aromatic nitrogens is 4. The lowest BCUT2D eigenvalue weighted by Crippen LogP contribution is -2.00. The Labute approximate surface area is 75.6 Å². The summed E-state index contributed by atoms with van der Waals surface area (Å²) < 4.78 is 1.77. The lowest BCUT2D eigenvalue weighted by molar-refractivity contribution is 0.838. The van der Waals surface area contributed by atoms with Crippen LogP contribution in [0.15, 0.2) is 6.20 Å². The summed E-state index contributed by atoms with van der Waals surface area (Å²) in [5, 5.41) is 4.23. The fourth-order valence-corrected chi connectivity index (χ4v) is 1.22. The minimum absolute atomic E-state index is 0.362. The average Bonchev–Trinajstić information content (AvgIpc) is 2.56. The SMILES string of the molecule is Cc1ncc(C)n2nc(CN)nc12. The van der Waals surface area contributed by atoms with Crippen molar-refractivity contribution in [2.75, 3.05) is 0 Å². The van der Waals surface area contributed by atoms with E-state index < -0.39 is 0 Å². The first kappa shape index (κ1) is 8.12. The monoisotopic (exact) mass is 177 g/mol. The van der Waals surface area contributed by atoms with Crippen LogP contribution in [0.1, 0.15) is 17.2 Å². The van der Waals surface area contributed by atoms with Crippen molar-refractivity contribution in [2.24, 2.45) is 5.73 Å². The summed E-state index contributed by atoms with van der Waals surface area (Å²) in [4.78, 5) is 8.45. The summed E-state index contributed by atoms with van der Waals surface area (Å²) in [5.41, 5.74) is 8.09. The molecule has 0 fully saturated rings. The van der Waals surface area contributed by atoms with Gasteiger partial charge in [-0.2, -0.15) is 0 Å². The van der Waals surface area contributed by atoms with Gasteiger partial charge < -0.3 is 5.73 Å². The van der Waals surface area contributed by atoms with Gasteiger partial charge in [0.25, 0.3) is 0 Å². The summed E-state index contributed by atoms with van der Waals surface area (Å²) in [6.07, 6.45) is 1.78. The van der Waals surface area contributed by atoms with E-state index in [1.807, 2.05) is 13.8 Å². The number of fused-ring (bicyclic) bond motifs is 1. The van der Waals surface area contributed by atoms with Crippen molar-refractivity contribution in [1.82, 2.24) is 19.6 Å². The number of rotatable bonds is 1. The molecule has 0 atom stereocenters. The number of hydrogen-bond acceptors (Lipinski definition) is 4. The maximum absolute atomic E-state index is 5.46. The van der Waals surface area contributed by atoms with Crippen LogP contribution in [-0.2, 0) is 6.54 Å². The van der Waals surface area contributed by atoms with Crippen LogP contribution >= 0.6 is 0 Å². The van der Waals surface area contributed by atoms with E-state index in [2.05, 4.69) is 15.1 Å². The summed E-state index contributed by atoms with van der Waals surface area (Å²) in [6, 6.07) is 0. The van der Waals surface area contributed by atoms with Crippen molar-refractivity contribution >= 4 is 5.65 Å². The lowest BCUT2D eigenvalue weighted by Gasteiger charge is -1.97. The maximum atomic E-state index is 5.46. The van der Waals surface area contributed by atoms with Gasteiger partial charge in [0.15, 0.2) is 11.5 Å². The van der Waals surface area contributed by atoms with Gasteiger partial charge >= 0.3 is 0 Å². The van der Waals surface area contributed by atoms with E-state index in [1.54, 1.807) is 10.7 Å². The maximum Gasteiger partial charge on any atom is 0.177 e. The van der Waals surface area contributed by atoms with Gasteiger partial charge in [-0.05, 0) is 13.8 Å². The van der Waals surface area contributed by atoms with Gasteiger partial charge in [0.1, 0.15) is 0 Å². The van der Waals surface area contributed by atoms with Crippen molar-refractivity contribution in [3.63, 3.8) is 0 Å². The zero-order valence-corrected chi connectivity index (χ0v) is 7.65. The summed E-state index contributed by atoms with van der Waals surface area (Å²) in [6.45, 7) is 4.21. The first-order chi connectivity index (χ1) is 6.22. The highest BCUT2D eigenvalue weighted by Crippen LogP contribution is 2.06. The fourth-order valence-electron chi connectivity index (χ4n) is 1.22. The highest BCUT2D eigenvalue weighted by Gasteiger charge is 2.06. The minimum Gasteiger partial charge on any atom is -0.324 e. The third kappa shape index (κ3) is 1.17. The molecule has 0 aliphatic heterocycles. The Bertz CT molecular complexity index is 406. The number of nitrogens with two attached hydrogens (primary N) is 1. The van der Waals surface area contributed by atoms with Crippen LogP contribution in [0.4, 0.5) is 0 Å². The second kappa shape index (κ2) is 2.77. The molecule has 5 heteroatoms. The highest BCUT2D eigenvalue weighted by molar-refractivity contribution is 5.42. The van der Waals surface area contributed by atoms with Crippen molar-refractivity contribution in [2.45, 2.75) is 20.4 Å². The molecule has 68 valence electrons. The van der Waals surface area contributed by atoms with E-state index in [4.69, 9.17) is 5.73 Å². The predicted octanol–water partition coefficient (Wildman–Crippen LogP) is 0.200. The lowest BCUT2D eigenvalue weighted by atomic mass is 10.4. The second-order valence-electron chi connectivity index (χ2n) is 2.95. The van der Waals surface area contributed by atoms with Gasteiger partial charge in [-0.3, -0.25) is 4.98 Å². The van der Waals surface area contributed by atoms with Crippen LogP contribution in [0, 0.1) is 13.8 Å². The van der Waals surface area contributed by atoms with E-state index in [0.29, 0.717) is 12.4 Å². The number of hydrogen-bond donors (Lipinski definition) is 1. The van der Waals surface area contributed by atoms with Crippen LogP contribution in [-0.4, -0.2) is 19.6 Å². The van der Waals surface area contributed by atoms with E-state index in [9.17, 15) is 0 Å². The molecular weight excluding hydrogens is 166 g/mol. The zero-order valence-electron chi connectivity index (χ0n) is 7.65. The minimum atomic E-state index is 0.362. The molecule has 0 saturated heterocycles. The standard InChI is InChI=1S/C8H11N5/c1-5-4-10-6(2)8-11-7(3-9)12-13(5)8/h4H,3,9H2,1-2H3. The Morgan fingerprint density at radius 1 is 1.46 bits per heavy atom. The van der Waals surface area contributed by atoms with Crippen LogP contribution in [0.2, 0.25) is 0 Å². The summed E-state index contributed by atoms with van der Waals surface area (Å²) in [7, 11) is 0. The molecule has 2 N–H and O–H groups in total. The second-order valence-corrected chi connectivity index (χ2v) is 2.95. The Morgan fingerprint density at radius 3 is 2.85 bits per heavy atom. The third-order valence-corrected chi connectivity index (χ3v) is 1.94. The number of aryl methyl sites for hydroxylation is 2. The molecule has 0 spiro atoms. The van der Waals surface area contributed by atoms with Crippen LogP contribution in [0.5, 0.6) is 0 Å². The molecule has 0 aliphatic rings. The third-order valence-electron chi connectivity index (χ3n) is 1.94. The van der Waals surface area contributed by atoms with Gasteiger partial charge in [0.2, 0.25) is 0 Å². The predicted molar refractivity (Wildman–Crippen MR) is 48.1 cm³/mol. The molecule has 13 heavy (non-hydrogen) atoms. The smallest absolute Gasteiger partial charge is 0.177 e. The van der Waals surface area contributed by atoms with E-state index in [-0.39, 0.29) is 0 Å². The average molecular weight is 177 g/mol. The highest BCUT2D eigenvalue weighted by atomic mass is 15.3. The first-order valence-corrected chi connectivity index (χ1v) is 4.10. The van der Waals surface area contributed by atoms with E-state index in [1.165, 1.54) is 0 Å². The van der Waals surface area contributed by atoms with Gasteiger partial charge in [0.05, 0.1) is 17.9 Å². The summed E-state index contributed by atoms with van der Waals surface area (Å²) >= 11 is 0. The molecule has 2 aromatic heterocycles. The molecule has 0 bridgehead atoms. The molecule has 0 unspecified atom stereocenters. The molecule has 0 aliphatic carbocycles. The topological polar surface area (TPSA) is 69.1 Å². The fraction of sp³-hybridized carbons (Fsp3) is 0.375.